The summed E-state index contributed by atoms with van der Waals surface area (Å²) in [5, 5.41) is 7.05. The average Bonchev–Trinajstić information content (AvgIpc) is 2.29. The van der Waals surface area contributed by atoms with Crippen LogP contribution in [0.2, 0.25) is 0 Å². The van der Waals surface area contributed by atoms with Gasteiger partial charge in [-0.1, -0.05) is 18.2 Å². The SMILES string of the molecule is CN(C)CCCCNC(=S)Nc1ccccc1. The van der Waals surface area contributed by atoms with Gasteiger partial charge in [0.1, 0.15) is 0 Å². The number of rotatable bonds is 6. The van der Waals surface area contributed by atoms with Crippen molar-refractivity contribution >= 4 is 23.0 Å². The monoisotopic (exact) mass is 251 g/mol. The molecule has 0 radical (unpaired) electrons. The van der Waals surface area contributed by atoms with Crippen LogP contribution in [0.5, 0.6) is 0 Å². The molecule has 0 aliphatic heterocycles. The maximum Gasteiger partial charge on any atom is 0.170 e. The summed E-state index contributed by atoms with van der Waals surface area (Å²) in [7, 11) is 4.18. The molecule has 0 amide bonds. The molecule has 0 fully saturated rings. The highest BCUT2D eigenvalue weighted by Gasteiger charge is 1.96. The van der Waals surface area contributed by atoms with E-state index in [2.05, 4.69) is 29.6 Å². The van der Waals surface area contributed by atoms with Gasteiger partial charge in [0.15, 0.2) is 5.11 Å². The Hall–Kier alpha value is -1.13. The van der Waals surface area contributed by atoms with Crippen molar-refractivity contribution in [2.24, 2.45) is 0 Å². The summed E-state index contributed by atoms with van der Waals surface area (Å²) >= 11 is 5.20. The topological polar surface area (TPSA) is 27.3 Å². The molecule has 2 N–H and O–H groups in total. The summed E-state index contributed by atoms with van der Waals surface area (Å²) in [5.41, 5.74) is 1.03. The summed E-state index contributed by atoms with van der Waals surface area (Å²) < 4.78 is 0. The van der Waals surface area contributed by atoms with Gasteiger partial charge in [-0.3, -0.25) is 0 Å². The maximum absolute atomic E-state index is 5.20. The van der Waals surface area contributed by atoms with Crippen LogP contribution >= 0.6 is 12.2 Å². The molecule has 0 saturated heterocycles. The van der Waals surface area contributed by atoms with Gasteiger partial charge in [0.25, 0.3) is 0 Å². The molecular formula is C13H21N3S. The number of thiocarbonyl (C=S) groups is 1. The zero-order valence-corrected chi connectivity index (χ0v) is 11.4. The van der Waals surface area contributed by atoms with Gasteiger partial charge in [-0.2, -0.15) is 0 Å². The van der Waals surface area contributed by atoms with Crippen LogP contribution in [0.4, 0.5) is 5.69 Å². The number of hydrogen-bond acceptors (Lipinski definition) is 2. The normalized spacial score (nSPS) is 10.3. The number of anilines is 1. The van der Waals surface area contributed by atoms with Gasteiger partial charge >= 0.3 is 0 Å². The van der Waals surface area contributed by atoms with Gasteiger partial charge in [0.2, 0.25) is 0 Å². The van der Waals surface area contributed by atoms with Crippen LogP contribution in [0.3, 0.4) is 0 Å². The zero-order valence-electron chi connectivity index (χ0n) is 10.6. The third-order valence-electron chi connectivity index (χ3n) is 2.35. The third kappa shape index (κ3) is 6.92. The molecule has 0 heterocycles. The van der Waals surface area contributed by atoms with Crippen LogP contribution in [0, 0.1) is 0 Å². The van der Waals surface area contributed by atoms with Crippen molar-refractivity contribution in [3.05, 3.63) is 30.3 Å². The first-order valence-electron chi connectivity index (χ1n) is 5.93. The fourth-order valence-corrected chi connectivity index (χ4v) is 1.67. The number of nitrogens with zero attached hydrogens (tertiary/aromatic N) is 1. The smallest absolute Gasteiger partial charge is 0.170 e. The Morgan fingerprint density at radius 3 is 2.53 bits per heavy atom. The van der Waals surface area contributed by atoms with Crippen LogP contribution in [0.1, 0.15) is 12.8 Å². The maximum atomic E-state index is 5.20. The second-order valence-corrected chi connectivity index (χ2v) is 4.67. The van der Waals surface area contributed by atoms with Gasteiger partial charge in [-0.05, 0) is 57.8 Å². The van der Waals surface area contributed by atoms with Gasteiger partial charge in [0, 0.05) is 12.2 Å². The van der Waals surface area contributed by atoms with Crippen molar-refractivity contribution < 1.29 is 0 Å². The third-order valence-corrected chi connectivity index (χ3v) is 2.60. The minimum Gasteiger partial charge on any atom is -0.362 e. The Labute approximate surface area is 109 Å². The van der Waals surface area contributed by atoms with Crippen molar-refractivity contribution in [3.63, 3.8) is 0 Å². The second-order valence-electron chi connectivity index (χ2n) is 4.26. The molecule has 1 rings (SSSR count). The molecule has 0 aromatic heterocycles. The zero-order chi connectivity index (χ0) is 12.5. The van der Waals surface area contributed by atoms with Crippen LogP contribution in [-0.2, 0) is 0 Å². The fraction of sp³-hybridized carbons (Fsp3) is 0.462. The van der Waals surface area contributed by atoms with E-state index in [0.717, 1.165) is 25.2 Å². The van der Waals surface area contributed by atoms with E-state index >= 15 is 0 Å². The number of para-hydroxylation sites is 1. The molecule has 4 heteroatoms. The van der Waals surface area contributed by atoms with E-state index in [1.54, 1.807) is 0 Å². The lowest BCUT2D eigenvalue weighted by Gasteiger charge is -2.11. The van der Waals surface area contributed by atoms with Gasteiger partial charge in [0.05, 0.1) is 0 Å². The molecule has 0 bridgehead atoms. The predicted molar refractivity (Wildman–Crippen MR) is 78.5 cm³/mol. The van der Waals surface area contributed by atoms with Gasteiger partial charge in [-0.15, -0.1) is 0 Å². The summed E-state index contributed by atoms with van der Waals surface area (Å²) in [6.45, 7) is 2.05. The lowest BCUT2D eigenvalue weighted by atomic mass is 10.3. The van der Waals surface area contributed by atoms with Gasteiger partial charge in [-0.25, -0.2) is 0 Å². The van der Waals surface area contributed by atoms with E-state index in [9.17, 15) is 0 Å². The van der Waals surface area contributed by atoms with Crippen molar-refractivity contribution in [1.29, 1.82) is 0 Å². The minimum absolute atomic E-state index is 0.695. The van der Waals surface area contributed by atoms with E-state index in [1.165, 1.54) is 6.42 Å². The minimum atomic E-state index is 0.695. The quantitative estimate of drug-likeness (QED) is 0.599. The van der Waals surface area contributed by atoms with Crippen LogP contribution in [0.25, 0.3) is 0 Å². The molecule has 1 aromatic rings. The van der Waals surface area contributed by atoms with Crippen LogP contribution in [0.15, 0.2) is 30.3 Å². The number of hydrogen-bond donors (Lipinski definition) is 2. The summed E-state index contributed by atoms with van der Waals surface area (Å²) in [6, 6.07) is 9.97. The Kier molecular flexibility index (Phi) is 6.58. The fourth-order valence-electron chi connectivity index (χ4n) is 1.45. The first kappa shape index (κ1) is 13.9. The molecule has 3 nitrogen and oxygen atoms in total. The Balaban J connectivity index is 2.10. The largest absolute Gasteiger partial charge is 0.362 e. The predicted octanol–water partition coefficient (Wildman–Crippen LogP) is 2.31. The first-order chi connectivity index (χ1) is 8.18. The number of unbranched alkanes of at least 4 members (excludes halogenated alkanes) is 1. The highest BCUT2D eigenvalue weighted by molar-refractivity contribution is 7.80. The molecule has 1 aromatic carbocycles. The van der Waals surface area contributed by atoms with E-state index in [-0.39, 0.29) is 0 Å². The summed E-state index contributed by atoms with van der Waals surface area (Å²) in [6.07, 6.45) is 2.32. The highest BCUT2D eigenvalue weighted by Crippen LogP contribution is 2.04. The van der Waals surface area contributed by atoms with Crippen molar-refractivity contribution in [2.45, 2.75) is 12.8 Å². The highest BCUT2D eigenvalue weighted by atomic mass is 32.1. The van der Waals surface area contributed by atoms with E-state index in [4.69, 9.17) is 12.2 Å². The Morgan fingerprint density at radius 2 is 1.88 bits per heavy atom. The Bertz CT molecular complexity index is 325. The Morgan fingerprint density at radius 1 is 1.18 bits per heavy atom. The summed E-state index contributed by atoms with van der Waals surface area (Å²) in [5.74, 6) is 0. The number of nitrogens with one attached hydrogen (secondary N) is 2. The standard InChI is InChI=1S/C13H21N3S/c1-16(2)11-7-6-10-14-13(17)15-12-8-4-3-5-9-12/h3-5,8-9H,6-7,10-11H2,1-2H3,(H2,14,15,17). The van der Waals surface area contributed by atoms with Crippen LogP contribution < -0.4 is 10.6 Å². The van der Waals surface area contributed by atoms with E-state index in [0.29, 0.717) is 5.11 Å². The first-order valence-corrected chi connectivity index (χ1v) is 6.34. The second kappa shape index (κ2) is 8.03. The lowest BCUT2D eigenvalue weighted by molar-refractivity contribution is 0.394. The molecule has 0 unspecified atom stereocenters. The average molecular weight is 251 g/mol. The molecule has 0 aliphatic carbocycles. The summed E-state index contributed by atoms with van der Waals surface area (Å²) in [4.78, 5) is 2.19. The number of benzene rings is 1. The van der Waals surface area contributed by atoms with Gasteiger partial charge < -0.3 is 15.5 Å². The van der Waals surface area contributed by atoms with E-state index < -0.39 is 0 Å². The molecule has 0 atom stereocenters. The molecule has 17 heavy (non-hydrogen) atoms. The lowest BCUT2D eigenvalue weighted by Crippen LogP contribution is -2.29. The van der Waals surface area contributed by atoms with Crippen molar-refractivity contribution in [2.75, 3.05) is 32.5 Å². The molecular weight excluding hydrogens is 230 g/mol. The molecule has 0 saturated carbocycles. The van der Waals surface area contributed by atoms with E-state index in [1.807, 2.05) is 30.3 Å². The molecule has 0 spiro atoms. The molecule has 0 aliphatic rings. The van der Waals surface area contributed by atoms with Crippen LogP contribution in [-0.4, -0.2) is 37.2 Å². The van der Waals surface area contributed by atoms with Crippen molar-refractivity contribution in [3.8, 4) is 0 Å². The van der Waals surface area contributed by atoms with Crippen molar-refractivity contribution in [1.82, 2.24) is 10.2 Å². The molecule has 94 valence electrons.